The Morgan fingerprint density at radius 1 is 1.14 bits per heavy atom. The van der Waals surface area contributed by atoms with Crippen LogP contribution in [0.15, 0.2) is 35.9 Å². The van der Waals surface area contributed by atoms with Crippen molar-refractivity contribution in [3.63, 3.8) is 0 Å². The van der Waals surface area contributed by atoms with Crippen molar-refractivity contribution in [3.05, 3.63) is 47.0 Å². The van der Waals surface area contributed by atoms with E-state index in [0.29, 0.717) is 5.57 Å². The Morgan fingerprint density at radius 3 is 2.62 bits per heavy atom. The van der Waals surface area contributed by atoms with Crippen LogP contribution in [0.3, 0.4) is 0 Å². The van der Waals surface area contributed by atoms with Gasteiger partial charge in [-0.2, -0.15) is 0 Å². The largest absolute Gasteiger partial charge is 0.469 e. The number of rotatable bonds is 2. The number of ether oxygens (including phenoxy) is 2. The van der Waals surface area contributed by atoms with Crippen LogP contribution in [0.25, 0.3) is 0 Å². The molecule has 21 heavy (non-hydrogen) atoms. The zero-order valence-corrected chi connectivity index (χ0v) is 12.2. The van der Waals surface area contributed by atoms with Crippen molar-refractivity contribution in [2.45, 2.75) is 18.8 Å². The van der Waals surface area contributed by atoms with Gasteiger partial charge >= 0.3 is 11.9 Å². The highest BCUT2D eigenvalue weighted by Gasteiger charge is 2.46. The van der Waals surface area contributed by atoms with Gasteiger partial charge in [0.2, 0.25) is 0 Å². The van der Waals surface area contributed by atoms with Crippen molar-refractivity contribution in [1.29, 1.82) is 0 Å². The van der Waals surface area contributed by atoms with E-state index in [0.717, 1.165) is 18.4 Å². The lowest BCUT2D eigenvalue weighted by Gasteiger charge is -2.32. The van der Waals surface area contributed by atoms with E-state index in [4.69, 9.17) is 9.47 Å². The molecule has 0 fully saturated rings. The Bertz CT molecular complexity index is 617. The maximum absolute atomic E-state index is 12.1. The van der Waals surface area contributed by atoms with Gasteiger partial charge in [0.15, 0.2) is 0 Å². The number of methoxy groups -OCH3 is 2. The van der Waals surface area contributed by atoms with Gasteiger partial charge < -0.3 is 9.47 Å². The molecule has 0 radical (unpaired) electrons. The van der Waals surface area contributed by atoms with Gasteiger partial charge in [0, 0.05) is 11.5 Å². The van der Waals surface area contributed by atoms with E-state index in [1.165, 1.54) is 19.8 Å². The number of fused-ring (bicyclic) bond motifs is 3. The molecule has 0 amide bonds. The Labute approximate surface area is 123 Å². The van der Waals surface area contributed by atoms with Crippen molar-refractivity contribution in [2.24, 2.45) is 11.8 Å². The van der Waals surface area contributed by atoms with Crippen LogP contribution in [0.5, 0.6) is 0 Å². The maximum Gasteiger partial charge on any atom is 0.333 e. The molecule has 2 aliphatic carbocycles. The minimum Gasteiger partial charge on any atom is -0.469 e. The van der Waals surface area contributed by atoms with E-state index >= 15 is 0 Å². The summed E-state index contributed by atoms with van der Waals surface area (Å²) in [6.07, 6.45) is 3.52. The second-order valence-electron chi connectivity index (χ2n) is 5.53. The number of benzene rings is 1. The van der Waals surface area contributed by atoms with E-state index in [2.05, 4.69) is 12.1 Å². The summed E-state index contributed by atoms with van der Waals surface area (Å²) in [4.78, 5) is 24.1. The number of carbonyl (C=O) groups is 2. The molecule has 4 nitrogen and oxygen atoms in total. The van der Waals surface area contributed by atoms with Crippen molar-refractivity contribution in [3.8, 4) is 0 Å². The fourth-order valence-corrected chi connectivity index (χ4v) is 3.70. The molecular weight excluding hydrogens is 268 g/mol. The smallest absolute Gasteiger partial charge is 0.333 e. The molecule has 0 saturated heterocycles. The fourth-order valence-electron chi connectivity index (χ4n) is 3.70. The highest BCUT2D eigenvalue weighted by molar-refractivity contribution is 5.92. The summed E-state index contributed by atoms with van der Waals surface area (Å²) in [7, 11) is 2.76. The van der Waals surface area contributed by atoms with Crippen LogP contribution < -0.4 is 0 Å². The molecule has 0 N–H and O–H groups in total. The highest BCUT2D eigenvalue weighted by atomic mass is 16.5. The van der Waals surface area contributed by atoms with Crippen LogP contribution in [0.4, 0.5) is 0 Å². The van der Waals surface area contributed by atoms with E-state index < -0.39 is 5.92 Å². The van der Waals surface area contributed by atoms with E-state index in [1.807, 2.05) is 12.1 Å². The second kappa shape index (κ2) is 5.35. The van der Waals surface area contributed by atoms with Gasteiger partial charge in [-0.3, -0.25) is 4.79 Å². The molecule has 0 heterocycles. The van der Waals surface area contributed by atoms with Gasteiger partial charge in [-0.25, -0.2) is 4.79 Å². The standard InChI is InChI=1S/C17H18O4/c1-20-16(18)13-9-14(17(19)21-2)15-11-6-4-3-5-10(11)7-8-12(13)15/h3-6,9,12,14-15H,7-8H2,1-2H3/t12-,14-,15-/m0/s1. The normalized spacial score (nSPS) is 26.4. The molecular formula is C17H18O4. The Kier molecular flexibility index (Phi) is 3.53. The average molecular weight is 286 g/mol. The molecule has 0 aromatic heterocycles. The van der Waals surface area contributed by atoms with Gasteiger partial charge in [0.25, 0.3) is 0 Å². The summed E-state index contributed by atoms with van der Waals surface area (Å²) in [6, 6.07) is 8.13. The van der Waals surface area contributed by atoms with Crippen molar-refractivity contribution in [2.75, 3.05) is 14.2 Å². The first-order valence-electron chi connectivity index (χ1n) is 7.13. The van der Waals surface area contributed by atoms with Gasteiger partial charge in [0.1, 0.15) is 0 Å². The number of hydrogen-bond acceptors (Lipinski definition) is 4. The monoisotopic (exact) mass is 286 g/mol. The molecule has 4 heteroatoms. The third kappa shape index (κ3) is 2.15. The van der Waals surface area contributed by atoms with Crippen LogP contribution >= 0.6 is 0 Å². The highest BCUT2D eigenvalue weighted by Crippen LogP contribution is 2.50. The van der Waals surface area contributed by atoms with Gasteiger partial charge in [0.05, 0.1) is 20.1 Å². The van der Waals surface area contributed by atoms with E-state index in [1.54, 1.807) is 6.08 Å². The van der Waals surface area contributed by atoms with Crippen LogP contribution in [-0.4, -0.2) is 26.2 Å². The SMILES string of the molecule is COC(=O)C1=C[C@H](C(=O)OC)[C@H]2c3ccccc3CC[C@@H]12. The lowest BCUT2D eigenvalue weighted by Crippen LogP contribution is -2.28. The Hall–Kier alpha value is -2.10. The summed E-state index contributed by atoms with van der Waals surface area (Å²) >= 11 is 0. The summed E-state index contributed by atoms with van der Waals surface area (Å²) in [5.41, 5.74) is 3.03. The average Bonchev–Trinajstić information content (AvgIpc) is 2.93. The van der Waals surface area contributed by atoms with Crippen LogP contribution in [0, 0.1) is 11.8 Å². The zero-order valence-electron chi connectivity index (χ0n) is 12.2. The fraction of sp³-hybridized carbons (Fsp3) is 0.412. The van der Waals surface area contributed by atoms with Gasteiger partial charge in [-0.15, -0.1) is 0 Å². The first-order chi connectivity index (χ1) is 10.2. The zero-order chi connectivity index (χ0) is 15.0. The number of carbonyl (C=O) groups excluding carboxylic acids is 2. The summed E-state index contributed by atoms with van der Waals surface area (Å²) in [5.74, 6) is -1.01. The van der Waals surface area contributed by atoms with Gasteiger partial charge in [-0.05, 0) is 29.9 Å². The molecule has 0 spiro atoms. The number of esters is 2. The Morgan fingerprint density at radius 2 is 1.90 bits per heavy atom. The molecule has 0 bridgehead atoms. The van der Waals surface area contributed by atoms with Crippen LogP contribution in [-0.2, 0) is 25.5 Å². The van der Waals surface area contributed by atoms with Crippen LogP contribution in [0.2, 0.25) is 0 Å². The Balaban J connectivity index is 2.06. The summed E-state index contributed by atoms with van der Waals surface area (Å²) < 4.78 is 9.80. The predicted molar refractivity (Wildman–Crippen MR) is 76.6 cm³/mol. The molecule has 0 unspecified atom stereocenters. The molecule has 1 aromatic rings. The van der Waals surface area contributed by atoms with Crippen molar-refractivity contribution < 1.29 is 19.1 Å². The van der Waals surface area contributed by atoms with Crippen molar-refractivity contribution in [1.82, 2.24) is 0 Å². The molecule has 0 aliphatic heterocycles. The third-order valence-electron chi connectivity index (χ3n) is 4.61. The summed E-state index contributed by atoms with van der Waals surface area (Å²) in [6.45, 7) is 0. The summed E-state index contributed by atoms with van der Waals surface area (Å²) in [5, 5.41) is 0. The molecule has 3 rings (SSSR count). The number of hydrogen-bond donors (Lipinski definition) is 0. The molecule has 3 atom stereocenters. The minimum absolute atomic E-state index is 0.0171. The van der Waals surface area contributed by atoms with E-state index in [-0.39, 0.29) is 23.8 Å². The molecule has 0 saturated carbocycles. The first-order valence-corrected chi connectivity index (χ1v) is 7.13. The lowest BCUT2D eigenvalue weighted by atomic mass is 9.72. The van der Waals surface area contributed by atoms with Crippen LogP contribution in [0.1, 0.15) is 23.5 Å². The topological polar surface area (TPSA) is 52.6 Å². The lowest BCUT2D eigenvalue weighted by molar-refractivity contribution is -0.144. The molecule has 110 valence electrons. The van der Waals surface area contributed by atoms with Crippen molar-refractivity contribution >= 4 is 11.9 Å². The third-order valence-corrected chi connectivity index (χ3v) is 4.61. The molecule has 2 aliphatic rings. The van der Waals surface area contributed by atoms with Gasteiger partial charge in [-0.1, -0.05) is 30.3 Å². The predicted octanol–water partition coefficient (Wildman–Crippen LogP) is 2.23. The number of aryl methyl sites for hydroxylation is 1. The first kappa shape index (κ1) is 13.9. The quantitative estimate of drug-likeness (QED) is 0.782. The molecule has 1 aromatic carbocycles. The maximum atomic E-state index is 12.1. The second-order valence-corrected chi connectivity index (χ2v) is 5.53. The van der Waals surface area contributed by atoms with E-state index in [9.17, 15) is 9.59 Å². The minimum atomic E-state index is -0.407.